The summed E-state index contributed by atoms with van der Waals surface area (Å²) in [7, 11) is 0. The van der Waals surface area contributed by atoms with Gasteiger partial charge in [0.2, 0.25) is 5.89 Å². The van der Waals surface area contributed by atoms with Gasteiger partial charge < -0.3 is 18.7 Å². The topological polar surface area (TPSA) is 114 Å². The Morgan fingerprint density at radius 1 is 1.16 bits per heavy atom. The van der Waals surface area contributed by atoms with Crippen LogP contribution in [0.1, 0.15) is 39.4 Å². The summed E-state index contributed by atoms with van der Waals surface area (Å²) >= 11 is 0. The summed E-state index contributed by atoms with van der Waals surface area (Å²) in [6.45, 7) is 2.46. The molecule has 1 aliphatic heterocycles. The standard InChI is InChI=1S/C23H18N6O3/c1-13-15-6-2-3-7-17(15)31-20(13)19-18-16(25-12-26-18)8-10-29(19)23(30)22-28-27-21(32-22)14-5-4-9-24-11-14/h2-7,9,11-12,19H,8,10H2,1H3,(H,25,26)/t19-/m0/s1. The predicted molar refractivity (Wildman–Crippen MR) is 114 cm³/mol. The number of nitrogens with one attached hydrogen (secondary N) is 1. The number of hydrogen-bond donors (Lipinski definition) is 1. The first kappa shape index (κ1) is 18.5. The second-order valence-corrected chi connectivity index (χ2v) is 7.66. The van der Waals surface area contributed by atoms with Crippen molar-refractivity contribution in [1.82, 2.24) is 30.0 Å². The van der Waals surface area contributed by atoms with Crippen LogP contribution < -0.4 is 0 Å². The number of benzene rings is 1. The van der Waals surface area contributed by atoms with E-state index in [-0.39, 0.29) is 17.7 Å². The van der Waals surface area contributed by atoms with Crippen molar-refractivity contribution in [2.75, 3.05) is 6.54 Å². The van der Waals surface area contributed by atoms with Crippen LogP contribution in [0, 0.1) is 6.92 Å². The maximum absolute atomic E-state index is 13.5. The van der Waals surface area contributed by atoms with Crippen LogP contribution >= 0.6 is 0 Å². The Morgan fingerprint density at radius 3 is 2.91 bits per heavy atom. The number of imidazole rings is 1. The van der Waals surface area contributed by atoms with Gasteiger partial charge in [0, 0.05) is 42.0 Å². The van der Waals surface area contributed by atoms with E-state index in [0.29, 0.717) is 24.3 Å². The summed E-state index contributed by atoms with van der Waals surface area (Å²) in [5.74, 6) is 0.475. The van der Waals surface area contributed by atoms with Crippen molar-refractivity contribution in [2.24, 2.45) is 0 Å². The van der Waals surface area contributed by atoms with Gasteiger partial charge in [-0.05, 0) is 25.1 Å². The van der Waals surface area contributed by atoms with E-state index >= 15 is 0 Å². The average molecular weight is 426 g/mol. The molecule has 9 nitrogen and oxygen atoms in total. The Bertz CT molecular complexity index is 1430. The minimum absolute atomic E-state index is 0.0818. The normalized spacial score (nSPS) is 15.8. The highest BCUT2D eigenvalue weighted by molar-refractivity contribution is 5.91. The summed E-state index contributed by atoms with van der Waals surface area (Å²) in [6.07, 6.45) is 5.55. The third-order valence-corrected chi connectivity index (χ3v) is 5.83. The van der Waals surface area contributed by atoms with Crippen LogP contribution in [-0.2, 0) is 6.42 Å². The Kier molecular flexibility index (Phi) is 4.14. The molecule has 0 aliphatic carbocycles. The van der Waals surface area contributed by atoms with Crippen LogP contribution in [0.25, 0.3) is 22.4 Å². The van der Waals surface area contributed by atoms with Gasteiger partial charge in [-0.2, -0.15) is 0 Å². The number of para-hydroxylation sites is 1. The van der Waals surface area contributed by atoms with E-state index in [1.807, 2.05) is 31.2 Å². The van der Waals surface area contributed by atoms with Gasteiger partial charge in [-0.15, -0.1) is 10.2 Å². The van der Waals surface area contributed by atoms with Crippen molar-refractivity contribution in [3.05, 3.63) is 83.7 Å². The van der Waals surface area contributed by atoms with Gasteiger partial charge in [0.15, 0.2) is 0 Å². The lowest BCUT2D eigenvalue weighted by atomic mass is 9.97. The molecule has 0 unspecified atom stereocenters. The smallest absolute Gasteiger partial charge is 0.312 e. The molecule has 0 saturated carbocycles. The molecule has 32 heavy (non-hydrogen) atoms. The number of carbonyl (C=O) groups is 1. The molecule has 0 saturated heterocycles. The largest absolute Gasteiger partial charge is 0.458 e. The SMILES string of the molecule is Cc1c([C@@H]2c3nc[nH]c3CCN2C(=O)c2nnc(-c3cccnc3)o2)oc2ccccc12. The van der Waals surface area contributed by atoms with Gasteiger partial charge in [0.25, 0.3) is 0 Å². The lowest BCUT2D eigenvalue weighted by molar-refractivity contribution is 0.0632. The fourth-order valence-electron chi connectivity index (χ4n) is 4.25. The van der Waals surface area contributed by atoms with Crippen molar-refractivity contribution in [3.8, 4) is 11.5 Å². The zero-order valence-corrected chi connectivity index (χ0v) is 17.1. The molecular weight excluding hydrogens is 408 g/mol. The number of aryl methyl sites for hydroxylation is 1. The number of amides is 1. The number of hydrogen-bond acceptors (Lipinski definition) is 7. The molecule has 0 bridgehead atoms. The van der Waals surface area contributed by atoms with Crippen LogP contribution in [0.3, 0.4) is 0 Å². The van der Waals surface area contributed by atoms with Crippen molar-refractivity contribution < 1.29 is 13.6 Å². The van der Waals surface area contributed by atoms with E-state index in [1.54, 1.807) is 35.8 Å². The van der Waals surface area contributed by atoms with Crippen LogP contribution in [0.2, 0.25) is 0 Å². The van der Waals surface area contributed by atoms with Crippen LogP contribution in [0.4, 0.5) is 0 Å². The number of fused-ring (bicyclic) bond motifs is 2. The van der Waals surface area contributed by atoms with E-state index in [4.69, 9.17) is 8.83 Å². The Hall–Kier alpha value is -4.27. The highest BCUT2D eigenvalue weighted by atomic mass is 16.4. The van der Waals surface area contributed by atoms with Gasteiger partial charge in [0.05, 0.1) is 17.6 Å². The average Bonchev–Trinajstić information content (AvgIpc) is 3.58. The monoisotopic (exact) mass is 426 g/mol. The number of carbonyl (C=O) groups excluding carboxylic acids is 1. The van der Waals surface area contributed by atoms with Gasteiger partial charge in [0.1, 0.15) is 17.4 Å². The zero-order chi connectivity index (χ0) is 21.7. The molecule has 1 aromatic carbocycles. The Balaban J connectivity index is 1.43. The zero-order valence-electron chi connectivity index (χ0n) is 17.1. The summed E-state index contributed by atoms with van der Waals surface area (Å²) < 4.78 is 11.9. The van der Waals surface area contributed by atoms with Crippen molar-refractivity contribution in [3.63, 3.8) is 0 Å². The molecule has 5 heterocycles. The fraction of sp³-hybridized carbons (Fsp3) is 0.174. The quantitative estimate of drug-likeness (QED) is 0.468. The van der Waals surface area contributed by atoms with Crippen LogP contribution in [0.5, 0.6) is 0 Å². The van der Waals surface area contributed by atoms with E-state index in [9.17, 15) is 4.79 Å². The molecule has 0 radical (unpaired) electrons. The molecule has 9 heteroatoms. The molecule has 4 aromatic heterocycles. The van der Waals surface area contributed by atoms with Gasteiger partial charge in [-0.3, -0.25) is 9.78 Å². The minimum Gasteiger partial charge on any atom is -0.458 e. The molecule has 6 rings (SSSR count). The van der Waals surface area contributed by atoms with Crippen LogP contribution in [0.15, 0.2) is 64.0 Å². The minimum atomic E-state index is -0.501. The van der Waals surface area contributed by atoms with Gasteiger partial charge in [-0.25, -0.2) is 4.98 Å². The van der Waals surface area contributed by atoms with E-state index in [0.717, 1.165) is 27.9 Å². The molecule has 1 aliphatic rings. The fourth-order valence-corrected chi connectivity index (χ4v) is 4.25. The second kappa shape index (κ2) is 7.16. The number of nitrogens with zero attached hydrogens (tertiary/aromatic N) is 5. The number of furan rings is 1. The molecule has 1 amide bonds. The number of aromatic nitrogens is 5. The molecular formula is C23H18N6O3. The number of aromatic amines is 1. The van der Waals surface area contributed by atoms with Gasteiger partial charge >= 0.3 is 11.8 Å². The third kappa shape index (κ3) is 2.82. The van der Waals surface area contributed by atoms with Crippen molar-refractivity contribution in [2.45, 2.75) is 19.4 Å². The highest BCUT2D eigenvalue weighted by Crippen LogP contribution is 2.39. The second-order valence-electron chi connectivity index (χ2n) is 7.66. The first-order valence-corrected chi connectivity index (χ1v) is 10.3. The predicted octanol–water partition coefficient (Wildman–Crippen LogP) is 3.70. The number of pyridine rings is 1. The summed E-state index contributed by atoms with van der Waals surface area (Å²) in [5, 5.41) is 9.06. The van der Waals surface area contributed by atoms with Crippen molar-refractivity contribution in [1.29, 1.82) is 0 Å². The third-order valence-electron chi connectivity index (χ3n) is 5.83. The lowest BCUT2D eigenvalue weighted by Crippen LogP contribution is -2.41. The summed E-state index contributed by atoms with van der Waals surface area (Å²) in [4.78, 5) is 27.0. The van der Waals surface area contributed by atoms with Gasteiger partial charge in [-0.1, -0.05) is 18.2 Å². The molecule has 1 atom stereocenters. The molecule has 5 aromatic rings. The number of rotatable bonds is 3. The maximum atomic E-state index is 13.5. The molecule has 1 N–H and O–H groups in total. The maximum Gasteiger partial charge on any atom is 0.312 e. The lowest BCUT2D eigenvalue weighted by Gasteiger charge is -2.33. The first-order valence-electron chi connectivity index (χ1n) is 10.3. The first-order chi connectivity index (χ1) is 15.7. The van der Waals surface area contributed by atoms with Crippen molar-refractivity contribution >= 4 is 16.9 Å². The number of H-pyrrole nitrogens is 1. The molecule has 0 fully saturated rings. The Labute approximate surface area is 182 Å². The molecule has 0 spiro atoms. The molecule has 158 valence electrons. The van der Waals surface area contributed by atoms with E-state index < -0.39 is 6.04 Å². The van der Waals surface area contributed by atoms with E-state index in [2.05, 4.69) is 25.1 Å². The summed E-state index contributed by atoms with van der Waals surface area (Å²) in [6, 6.07) is 10.9. The Morgan fingerprint density at radius 2 is 2.06 bits per heavy atom. The van der Waals surface area contributed by atoms with E-state index in [1.165, 1.54) is 0 Å². The highest BCUT2D eigenvalue weighted by Gasteiger charge is 2.39. The summed E-state index contributed by atoms with van der Waals surface area (Å²) in [5.41, 5.74) is 4.14. The van der Waals surface area contributed by atoms with Crippen LogP contribution in [-0.4, -0.2) is 42.5 Å².